The normalized spacial score (nSPS) is 25.5. The van der Waals surface area contributed by atoms with Crippen molar-refractivity contribution < 1.29 is 19.1 Å². The van der Waals surface area contributed by atoms with Crippen LogP contribution in [0.5, 0.6) is 0 Å². The summed E-state index contributed by atoms with van der Waals surface area (Å²) in [6, 6.07) is 3.99. The summed E-state index contributed by atoms with van der Waals surface area (Å²) in [6.07, 6.45) is 1.95. The summed E-state index contributed by atoms with van der Waals surface area (Å²) < 4.78 is 5.50. The zero-order chi connectivity index (χ0) is 19.4. The monoisotopic (exact) mass is 378 g/mol. The molecule has 3 heterocycles. The smallest absolute Gasteiger partial charge is 0.237 e. The van der Waals surface area contributed by atoms with E-state index in [0.717, 1.165) is 25.1 Å². The Bertz CT molecular complexity index is 660. The Hall–Kier alpha value is -1.90. The highest BCUT2D eigenvalue weighted by Gasteiger charge is 2.43. The molecule has 8 nitrogen and oxygen atoms in total. The van der Waals surface area contributed by atoms with E-state index in [2.05, 4.69) is 20.9 Å². The van der Waals surface area contributed by atoms with Crippen molar-refractivity contribution in [3.05, 3.63) is 23.7 Å². The second kappa shape index (κ2) is 8.86. The summed E-state index contributed by atoms with van der Waals surface area (Å²) in [6.45, 7) is 5.74. The third kappa shape index (κ3) is 5.09. The minimum absolute atomic E-state index is 0.0600. The average Bonchev–Trinajstić information content (AvgIpc) is 3.26. The van der Waals surface area contributed by atoms with Gasteiger partial charge < -0.3 is 25.5 Å². The van der Waals surface area contributed by atoms with Crippen molar-refractivity contribution in [1.29, 1.82) is 0 Å². The Morgan fingerprint density at radius 2 is 2.19 bits per heavy atom. The highest BCUT2D eigenvalue weighted by Crippen LogP contribution is 2.26. The van der Waals surface area contributed by atoms with E-state index in [-0.39, 0.29) is 42.6 Å². The third-order valence-corrected chi connectivity index (χ3v) is 5.22. The first kappa shape index (κ1) is 19.9. The summed E-state index contributed by atoms with van der Waals surface area (Å²) in [7, 11) is 0. The molecule has 0 bridgehead atoms. The molecule has 150 valence electrons. The fraction of sp³-hybridized carbons (Fsp3) is 0.684. The second-order valence-corrected chi connectivity index (χ2v) is 7.71. The molecule has 1 aromatic rings. The number of nitrogens with zero attached hydrogens (tertiary/aromatic N) is 1. The maximum atomic E-state index is 12.3. The highest BCUT2D eigenvalue weighted by atomic mass is 16.4. The number of aliphatic hydroxyl groups is 1. The molecule has 0 saturated carbocycles. The molecule has 0 unspecified atom stereocenters. The van der Waals surface area contributed by atoms with Crippen LogP contribution in [0.1, 0.15) is 44.6 Å². The number of nitrogens with one attached hydrogen (secondary N) is 3. The molecule has 2 fully saturated rings. The van der Waals surface area contributed by atoms with Crippen LogP contribution in [-0.4, -0.2) is 59.1 Å². The van der Waals surface area contributed by atoms with Gasteiger partial charge in [-0.15, -0.1) is 0 Å². The quantitative estimate of drug-likeness (QED) is 0.511. The van der Waals surface area contributed by atoms with Gasteiger partial charge in [0.2, 0.25) is 11.8 Å². The fourth-order valence-electron chi connectivity index (χ4n) is 3.93. The first-order chi connectivity index (χ1) is 13.0. The number of rotatable bonds is 8. The maximum Gasteiger partial charge on any atom is 0.237 e. The van der Waals surface area contributed by atoms with Gasteiger partial charge in [-0.1, -0.05) is 0 Å². The summed E-state index contributed by atoms with van der Waals surface area (Å²) in [5, 5.41) is 18.4. The van der Waals surface area contributed by atoms with E-state index in [1.807, 2.05) is 19.9 Å². The van der Waals surface area contributed by atoms with Crippen LogP contribution in [0.25, 0.3) is 0 Å². The van der Waals surface area contributed by atoms with Gasteiger partial charge in [-0.3, -0.25) is 14.5 Å². The molecule has 0 aromatic carbocycles. The molecule has 4 N–H and O–H groups in total. The molecule has 8 heteroatoms. The van der Waals surface area contributed by atoms with Gasteiger partial charge in [0.1, 0.15) is 18.1 Å². The van der Waals surface area contributed by atoms with Gasteiger partial charge in [0.25, 0.3) is 0 Å². The van der Waals surface area contributed by atoms with Crippen molar-refractivity contribution in [2.24, 2.45) is 0 Å². The predicted octanol–water partition coefficient (Wildman–Crippen LogP) is 0.108. The predicted molar refractivity (Wildman–Crippen MR) is 99.7 cm³/mol. The first-order valence-electron chi connectivity index (χ1n) is 9.71. The molecule has 0 spiro atoms. The SMILES string of the molecule is CC(C)NC(=O)CC[C@@H]1CNC(=O)[C@@H]2C[C@H](NCc3ccc(CO)o3)CN12. The van der Waals surface area contributed by atoms with Gasteiger partial charge in [0, 0.05) is 37.6 Å². The molecule has 0 radical (unpaired) electrons. The van der Waals surface area contributed by atoms with Gasteiger partial charge in [-0.2, -0.15) is 0 Å². The van der Waals surface area contributed by atoms with Crippen LogP contribution in [0.3, 0.4) is 0 Å². The summed E-state index contributed by atoms with van der Waals surface area (Å²) in [5.74, 6) is 1.46. The van der Waals surface area contributed by atoms with Crippen molar-refractivity contribution in [2.45, 2.75) is 70.4 Å². The summed E-state index contributed by atoms with van der Waals surface area (Å²) in [5.41, 5.74) is 0. The molecular formula is C19H30N4O4. The number of carbonyl (C=O) groups is 2. The number of amides is 2. The number of furan rings is 1. The third-order valence-electron chi connectivity index (χ3n) is 5.22. The number of hydrogen-bond acceptors (Lipinski definition) is 6. The highest BCUT2D eigenvalue weighted by molar-refractivity contribution is 5.83. The molecule has 3 atom stereocenters. The van der Waals surface area contributed by atoms with Crippen molar-refractivity contribution >= 4 is 11.8 Å². The van der Waals surface area contributed by atoms with Crippen molar-refractivity contribution in [3.63, 3.8) is 0 Å². The molecule has 0 aliphatic carbocycles. The van der Waals surface area contributed by atoms with Crippen LogP contribution in [0, 0.1) is 0 Å². The fourth-order valence-corrected chi connectivity index (χ4v) is 3.93. The molecule has 2 amide bonds. The van der Waals surface area contributed by atoms with Crippen LogP contribution in [0.2, 0.25) is 0 Å². The lowest BCUT2D eigenvalue weighted by atomic mass is 10.0. The summed E-state index contributed by atoms with van der Waals surface area (Å²) >= 11 is 0. The first-order valence-corrected chi connectivity index (χ1v) is 9.71. The lowest BCUT2D eigenvalue weighted by Gasteiger charge is -2.37. The van der Waals surface area contributed by atoms with Crippen LogP contribution in [-0.2, 0) is 22.7 Å². The van der Waals surface area contributed by atoms with Crippen molar-refractivity contribution in [3.8, 4) is 0 Å². The van der Waals surface area contributed by atoms with Gasteiger partial charge in [0.15, 0.2) is 0 Å². The Morgan fingerprint density at radius 3 is 2.89 bits per heavy atom. The lowest BCUT2D eigenvalue weighted by Crippen LogP contribution is -2.58. The van der Waals surface area contributed by atoms with Crippen molar-refractivity contribution in [2.75, 3.05) is 13.1 Å². The zero-order valence-corrected chi connectivity index (χ0v) is 16.0. The second-order valence-electron chi connectivity index (χ2n) is 7.71. The number of carbonyl (C=O) groups excluding carboxylic acids is 2. The molecule has 2 saturated heterocycles. The standard InChI is InChI=1S/C19H30N4O4/c1-12(2)22-18(25)6-3-14-8-21-19(26)17-7-13(10-23(14)17)20-9-15-4-5-16(11-24)27-15/h4-5,12-14,17,20,24H,3,6-11H2,1-2H3,(H,21,26)(H,22,25)/t13-,14+,17-/m0/s1. The molecule has 27 heavy (non-hydrogen) atoms. The van der Waals surface area contributed by atoms with Gasteiger partial charge in [-0.05, 0) is 38.8 Å². The van der Waals surface area contributed by atoms with Crippen LogP contribution in [0.4, 0.5) is 0 Å². The number of piperazine rings is 1. The van der Waals surface area contributed by atoms with Crippen LogP contribution in [0.15, 0.2) is 16.5 Å². The molecular weight excluding hydrogens is 348 g/mol. The molecule has 2 aliphatic heterocycles. The number of fused-ring (bicyclic) bond motifs is 1. The maximum absolute atomic E-state index is 12.3. The van der Waals surface area contributed by atoms with E-state index in [1.165, 1.54) is 0 Å². The lowest BCUT2D eigenvalue weighted by molar-refractivity contribution is -0.129. The Kier molecular flexibility index (Phi) is 6.51. The van der Waals surface area contributed by atoms with E-state index < -0.39 is 0 Å². The van der Waals surface area contributed by atoms with Crippen molar-refractivity contribution in [1.82, 2.24) is 20.9 Å². The summed E-state index contributed by atoms with van der Waals surface area (Å²) in [4.78, 5) is 26.4. The number of aliphatic hydroxyl groups excluding tert-OH is 1. The molecule has 1 aromatic heterocycles. The van der Waals surface area contributed by atoms with E-state index in [0.29, 0.717) is 25.3 Å². The van der Waals surface area contributed by atoms with Gasteiger partial charge in [-0.25, -0.2) is 0 Å². The van der Waals surface area contributed by atoms with Crippen LogP contribution < -0.4 is 16.0 Å². The van der Waals surface area contributed by atoms with Gasteiger partial charge in [0.05, 0.1) is 12.6 Å². The zero-order valence-electron chi connectivity index (χ0n) is 16.0. The topological polar surface area (TPSA) is 107 Å². The molecule has 2 aliphatic rings. The average molecular weight is 378 g/mol. The minimum atomic E-state index is -0.140. The van der Waals surface area contributed by atoms with E-state index >= 15 is 0 Å². The number of hydrogen-bond donors (Lipinski definition) is 4. The van der Waals surface area contributed by atoms with E-state index in [4.69, 9.17) is 9.52 Å². The largest absolute Gasteiger partial charge is 0.462 e. The van der Waals surface area contributed by atoms with Crippen LogP contribution >= 0.6 is 0 Å². The Morgan fingerprint density at radius 1 is 1.41 bits per heavy atom. The Balaban J connectivity index is 1.52. The van der Waals surface area contributed by atoms with E-state index in [1.54, 1.807) is 6.07 Å². The van der Waals surface area contributed by atoms with E-state index in [9.17, 15) is 9.59 Å². The Labute approximate surface area is 159 Å². The van der Waals surface area contributed by atoms with Gasteiger partial charge >= 0.3 is 0 Å². The minimum Gasteiger partial charge on any atom is -0.462 e. The molecule has 3 rings (SSSR count).